The van der Waals surface area contributed by atoms with Crippen molar-refractivity contribution < 1.29 is 28.6 Å². The number of esters is 1. The van der Waals surface area contributed by atoms with Crippen molar-refractivity contribution >= 4 is 33.5 Å². The van der Waals surface area contributed by atoms with Gasteiger partial charge in [-0.15, -0.1) is 0 Å². The number of carbonyl (C=O) groups excluding carboxylic acids is 3. The van der Waals surface area contributed by atoms with E-state index in [1.54, 1.807) is 25.3 Å². The Morgan fingerprint density at radius 1 is 1.11 bits per heavy atom. The highest BCUT2D eigenvalue weighted by molar-refractivity contribution is 9.10. The molecule has 0 spiro atoms. The summed E-state index contributed by atoms with van der Waals surface area (Å²) in [5, 5.41) is 0. The van der Waals surface area contributed by atoms with Gasteiger partial charge in [0.2, 0.25) is 0 Å². The summed E-state index contributed by atoms with van der Waals surface area (Å²) in [7, 11) is 1.64. The van der Waals surface area contributed by atoms with Crippen molar-refractivity contribution in [2.45, 2.75) is 56.1 Å². The zero-order chi connectivity index (χ0) is 25.7. The number of ketones is 2. The van der Waals surface area contributed by atoms with Gasteiger partial charge >= 0.3 is 5.97 Å². The fraction of sp³-hybridized carbons (Fsp3) is 0.414. The first kappa shape index (κ1) is 24.9. The van der Waals surface area contributed by atoms with Gasteiger partial charge in [-0.05, 0) is 56.4 Å². The number of halogens is 1. The molecular formula is C29H29BrO6. The number of benzene rings is 2. The Kier molecular flexibility index (Phi) is 6.41. The first-order valence-electron chi connectivity index (χ1n) is 12.2. The maximum Gasteiger partial charge on any atom is 0.308 e. The number of allylic oxidation sites excluding steroid dienone is 1. The molecule has 0 bridgehead atoms. The van der Waals surface area contributed by atoms with Gasteiger partial charge in [-0.3, -0.25) is 14.4 Å². The fourth-order valence-electron chi connectivity index (χ4n) is 5.97. The minimum Gasteiger partial charge on any atom is -0.497 e. The second-order valence-corrected chi connectivity index (χ2v) is 11.5. The molecule has 0 saturated heterocycles. The number of carbonyl (C=O) groups is 3. The minimum absolute atomic E-state index is 0.101. The SMILES string of the molecule is COc1ccc(CO[C@@]2(C)CCC3C(=CC[C@H]4C(=O)c5c(OC(C)=O)cccc5C(=O)[C@@]34Br)C2)cc1. The average molecular weight is 553 g/mol. The molecule has 4 atom stereocenters. The molecule has 2 aromatic carbocycles. The molecule has 3 aliphatic rings. The molecule has 3 aliphatic carbocycles. The lowest BCUT2D eigenvalue weighted by Crippen LogP contribution is -2.57. The van der Waals surface area contributed by atoms with Crippen LogP contribution in [-0.4, -0.2) is 34.6 Å². The Bertz CT molecular complexity index is 1270. The molecule has 1 unspecified atom stereocenters. The zero-order valence-electron chi connectivity index (χ0n) is 20.6. The second-order valence-electron chi connectivity index (χ2n) is 10.2. The van der Waals surface area contributed by atoms with E-state index in [1.807, 2.05) is 24.3 Å². The van der Waals surface area contributed by atoms with E-state index in [0.717, 1.165) is 29.7 Å². The van der Waals surface area contributed by atoms with Crippen molar-refractivity contribution in [2.24, 2.45) is 11.8 Å². The van der Waals surface area contributed by atoms with Gasteiger partial charge < -0.3 is 14.2 Å². The molecule has 1 fully saturated rings. The molecule has 0 radical (unpaired) electrons. The van der Waals surface area contributed by atoms with Gasteiger partial charge in [0.1, 0.15) is 15.8 Å². The Morgan fingerprint density at radius 2 is 1.86 bits per heavy atom. The molecule has 36 heavy (non-hydrogen) atoms. The number of hydrogen-bond acceptors (Lipinski definition) is 6. The summed E-state index contributed by atoms with van der Waals surface area (Å²) >= 11 is 3.82. The van der Waals surface area contributed by atoms with E-state index in [4.69, 9.17) is 14.2 Å². The van der Waals surface area contributed by atoms with Gasteiger partial charge in [-0.1, -0.05) is 51.8 Å². The van der Waals surface area contributed by atoms with E-state index in [9.17, 15) is 14.4 Å². The number of ether oxygens (including phenoxy) is 3. The van der Waals surface area contributed by atoms with Gasteiger partial charge in [0, 0.05) is 24.3 Å². The van der Waals surface area contributed by atoms with Crippen molar-refractivity contribution in [3.05, 3.63) is 70.8 Å². The molecule has 0 amide bonds. The van der Waals surface area contributed by atoms with Crippen LogP contribution in [-0.2, 0) is 16.1 Å². The molecule has 7 heteroatoms. The lowest BCUT2D eigenvalue weighted by molar-refractivity contribution is -0.131. The Morgan fingerprint density at radius 3 is 2.56 bits per heavy atom. The third-order valence-corrected chi connectivity index (χ3v) is 9.26. The van der Waals surface area contributed by atoms with Crippen LogP contribution in [0.2, 0.25) is 0 Å². The lowest BCUT2D eigenvalue weighted by Gasteiger charge is -2.51. The van der Waals surface area contributed by atoms with Gasteiger partial charge in [0.05, 0.1) is 24.9 Å². The van der Waals surface area contributed by atoms with Crippen molar-refractivity contribution in [3.8, 4) is 11.5 Å². The monoisotopic (exact) mass is 552 g/mol. The molecule has 0 heterocycles. The largest absolute Gasteiger partial charge is 0.497 e. The van der Waals surface area contributed by atoms with Gasteiger partial charge in [-0.2, -0.15) is 0 Å². The van der Waals surface area contributed by atoms with E-state index >= 15 is 0 Å². The van der Waals surface area contributed by atoms with Crippen LogP contribution in [0.1, 0.15) is 65.8 Å². The molecule has 0 N–H and O–H groups in total. The molecule has 188 valence electrons. The maximum absolute atomic E-state index is 13.9. The first-order chi connectivity index (χ1) is 17.2. The summed E-state index contributed by atoms with van der Waals surface area (Å²) in [5.74, 6) is -0.476. The van der Waals surface area contributed by atoms with Gasteiger partial charge in [-0.25, -0.2) is 0 Å². The number of rotatable bonds is 5. The summed E-state index contributed by atoms with van der Waals surface area (Å²) in [6.45, 7) is 3.90. The Hall–Kier alpha value is -2.77. The van der Waals surface area contributed by atoms with Crippen LogP contribution < -0.4 is 9.47 Å². The van der Waals surface area contributed by atoms with Gasteiger partial charge in [0.25, 0.3) is 0 Å². The normalized spacial score (nSPS) is 28.9. The minimum atomic E-state index is -1.01. The number of Topliss-reactive ketones (excluding diaryl/α,β-unsaturated/α-hetero) is 2. The third kappa shape index (κ3) is 4.12. The average Bonchev–Trinajstić information content (AvgIpc) is 2.86. The highest BCUT2D eigenvalue weighted by atomic mass is 79.9. The number of hydrogen-bond donors (Lipinski definition) is 0. The third-order valence-electron chi connectivity index (χ3n) is 7.80. The van der Waals surface area contributed by atoms with E-state index in [2.05, 4.69) is 28.9 Å². The van der Waals surface area contributed by atoms with Crippen LogP contribution in [0.15, 0.2) is 54.1 Å². The van der Waals surface area contributed by atoms with E-state index in [0.29, 0.717) is 25.0 Å². The van der Waals surface area contributed by atoms with Crippen LogP contribution in [0.25, 0.3) is 0 Å². The van der Waals surface area contributed by atoms with Crippen molar-refractivity contribution in [1.29, 1.82) is 0 Å². The molecule has 0 aliphatic heterocycles. The second kappa shape index (κ2) is 9.27. The Labute approximate surface area is 219 Å². The summed E-state index contributed by atoms with van der Waals surface area (Å²) in [6.07, 6.45) is 4.77. The Balaban J connectivity index is 1.39. The van der Waals surface area contributed by atoms with Crippen molar-refractivity contribution in [2.75, 3.05) is 7.11 Å². The van der Waals surface area contributed by atoms with Crippen molar-refractivity contribution in [3.63, 3.8) is 0 Å². The molecule has 6 nitrogen and oxygen atoms in total. The molecular weight excluding hydrogens is 524 g/mol. The maximum atomic E-state index is 13.9. The molecule has 1 saturated carbocycles. The predicted octanol–water partition coefficient (Wildman–Crippen LogP) is 5.86. The number of alkyl halides is 1. The number of methoxy groups -OCH3 is 1. The molecule has 2 aromatic rings. The topological polar surface area (TPSA) is 78.9 Å². The smallest absolute Gasteiger partial charge is 0.308 e. The predicted molar refractivity (Wildman–Crippen MR) is 138 cm³/mol. The zero-order valence-corrected chi connectivity index (χ0v) is 22.2. The molecule has 0 aromatic heterocycles. The lowest BCUT2D eigenvalue weighted by atomic mass is 9.58. The summed E-state index contributed by atoms with van der Waals surface area (Å²) < 4.78 is 15.9. The van der Waals surface area contributed by atoms with Crippen LogP contribution >= 0.6 is 15.9 Å². The highest BCUT2D eigenvalue weighted by Crippen LogP contribution is 2.57. The standard InChI is InChI=1S/C29H29BrO6/c1-17(31)36-24-6-4-5-21-25(24)26(32)23-12-9-19-15-28(2,14-13-22(19)29(23,30)27(21)33)35-16-18-7-10-20(34-3)11-8-18/h4-11,22-23H,12-16H2,1-3H3/t22?,23-,28-,29+/m0/s1. The fourth-order valence-corrected chi connectivity index (χ4v) is 7.10. The van der Waals surface area contributed by atoms with E-state index in [-0.39, 0.29) is 34.4 Å². The van der Waals surface area contributed by atoms with Crippen LogP contribution in [0.3, 0.4) is 0 Å². The summed E-state index contributed by atoms with van der Waals surface area (Å²) in [5.41, 5.74) is 2.41. The van der Waals surface area contributed by atoms with E-state index < -0.39 is 16.2 Å². The quantitative estimate of drug-likeness (QED) is 0.200. The van der Waals surface area contributed by atoms with Crippen LogP contribution in [0.4, 0.5) is 0 Å². The van der Waals surface area contributed by atoms with Gasteiger partial charge in [0.15, 0.2) is 11.6 Å². The summed E-state index contributed by atoms with van der Waals surface area (Å²) in [6, 6.07) is 12.7. The highest BCUT2D eigenvalue weighted by Gasteiger charge is 2.60. The summed E-state index contributed by atoms with van der Waals surface area (Å²) in [4.78, 5) is 39.2. The van der Waals surface area contributed by atoms with Crippen LogP contribution in [0, 0.1) is 11.8 Å². The van der Waals surface area contributed by atoms with Crippen molar-refractivity contribution in [1.82, 2.24) is 0 Å². The number of fused-ring (bicyclic) bond motifs is 4. The van der Waals surface area contributed by atoms with E-state index in [1.165, 1.54) is 6.92 Å². The molecule has 5 rings (SSSR count). The van der Waals surface area contributed by atoms with Crippen LogP contribution in [0.5, 0.6) is 11.5 Å². The first-order valence-corrected chi connectivity index (χ1v) is 13.0.